The molecule has 0 aliphatic carbocycles. The first-order valence-corrected chi connectivity index (χ1v) is 4.05. The van der Waals surface area contributed by atoms with Gasteiger partial charge in [-0.05, 0) is 13.6 Å². The maximum atomic E-state index is 9.88. The molecule has 2 atom stereocenters. The summed E-state index contributed by atoms with van der Waals surface area (Å²) in [5, 5.41) is 2.64. The van der Waals surface area contributed by atoms with Gasteiger partial charge in [0.05, 0.1) is 14.3 Å². The van der Waals surface area contributed by atoms with Crippen LogP contribution in [0.2, 0.25) is 0 Å². The minimum Gasteiger partial charge on any atom is -0.359 e. The van der Waals surface area contributed by atoms with Crippen LogP contribution in [0.25, 0.3) is 0 Å². The van der Waals surface area contributed by atoms with Gasteiger partial charge >= 0.3 is 0 Å². The van der Waals surface area contributed by atoms with Crippen molar-refractivity contribution < 1.29 is 9.69 Å². The van der Waals surface area contributed by atoms with Crippen LogP contribution in [0.3, 0.4) is 0 Å². The molecule has 0 aliphatic rings. The van der Waals surface area contributed by atoms with Crippen molar-refractivity contribution in [3.63, 3.8) is 0 Å². The molecule has 0 spiro atoms. The molecule has 48 valence electrons. The Morgan fingerprint density at radius 2 is 2.38 bits per heavy atom. The molecule has 0 aromatic heterocycles. The average molecular weight is 135 g/mol. The van der Waals surface area contributed by atoms with E-state index in [1.165, 1.54) is 0 Å². The Labute approximate surface area is 50.0 Å². The van der Waals surface area contributed by atoms with Gasteiger partial charge in [0.15, 0.2) is 0 Å². The second kappa shape index (κ2) is 3.96. The number of hydrogen-bond acceptors (Lipinski definition) is 3. The number of aldehydes is 1. The zero-order chi connectivity index (χ0) is 6.57. The number of carbonyl (C=O) groups excluding carboxylic acids is 1. The van der Waals surface area contributed by atoms with Crippen molar-refractivity contribution in [3.8, 4) is 0 Å². The third kappa shape index (κ3) is 4.19. The van der Waals surface area contributed by atoms with E-state index in [0.29, 0.717) is 0 Å². The molecular weight excluding hydrogens is 125 g/mol. The van der Waals surface area contributed by atoms with Crippen LogP contribution >= 0.6 is 8.30 Å². The van der Waals surface area contributed by atoms with Crippen molar-refractivity contribution in [2.45, 2.75) is 13.0 Å². The predicted molar refractivity (Wildman–Crippen MR) is 33.7 cm³/mol. The molecule has 0 amide bonds. The van der Waals surface area contributed by atoms with E-state index < -0.39 is 8.30 Å². The molecule has 3 nitrogen and oxygen atoms in total. The zero-order valence-corrected chi connectivity index (χ0v) is 5.85. The Bertz CT molecular complexity index is 76.4. The summed E-state index contributed by atoms with van der Waals surface area (Å²) in [7, 11) is -1.13. The molecule has 8 heavy (non-hydrogen) atoms. The van der Waals surface area contributed by atoms with Crippen molar-refractivity contribution in [3.05, 3.63) is 0 Å². The smallest absolute Gasteiger partial charge is 0.136 e. The maximum absolute atomic E-state index is 9.88. The number of hydrogen-bond donors (Lipinski definition) is 2. The van der Waals surface area contributed by atoms with Gasteiger partial charge in [-0.3, -0.25) is 5.09 Å². The molecule has 0 heterocycles. The molecular formula is C4H10NO2P. The molecule has 0 fully saturated rings. The first kappa shape index (κ1) is 8.02. The molecule has 1 unspecified atom stereocenters. The summed E-state index contributed by atoms with van der Waals surface area (Å²) < 4.78 is 0. The molecule has 0 bridgehead atoms. The lowest BCUT2D eigenvalue weighted by atomic mass is 10.4. The molecule has 0 aromatic carbocycles. The van der Waals surface area contributed by atoms with Crippen molar-refractivity contribution >= 4 is 14.6 Å². The SMILES string of the molecule is C[C@@H](C=O)NP(C)O. The van der Waals surface area contributed by atoms with Crippen LogP contribution in [-0.4, -0.2) is 23.9 Å². The van der Waals surface area contributed by atoms with Gasteiger partial charge in [0, 0.05) is 0 Å². The second-order valence-corrected chi connectivity index (χ2v) is 2.88. The fraction of sp³-hybridized carbons (Fsp3) is 0.750. The standard InChI is InChI=1S/C4H10NO2P/c1-4(3-6)5-8(2)7/h3-5,7H,1-2H3/t4-,8?/m0/s1. The minimum absolute atomic E-state index is 0.226. The van der Waals surface area contributed by atoms with Gasteiger partial charge in [-0.25, -0.2) is 0 Å². The normalized spacial score (nSPS) is 17.4. The van der Waals surface area contributed by atoms with Gasteiger partial charge in [-0.15, -0.1) is 0 Å². The van der Waals surface area contributed by atoms with Crippen LogP contribution in [0.5, 0.6) is 0 Å². The molecule has 0 saturated heterocycles. The highest BCUT2D eigenvalue weighted by Gasteiger charge is 1.99. The lowest BCUT2D eigenvalue weighted by Gasteiger charge is -2.07. The number of carbonyl (C=O) groups is 1. The Hall–Kier alpha value is 0.0200. The van der Waals surface area contributed by atoms with Crippen LogP contribution in [0, 0.1) is 0 Å². The third-order valence-corrected chi connectivity index (χ3v) is 1.38. The van der Waals surface area contributed by atoms with E-state index >= 15 is 0 Å². The number of nitrogens with one attached hydrogen (secondary N) is 1. The van der Waals surface area contributed by atoms with E-state index in [0.717, 1.165) is 6.29 Å². The van der Waals surface area contributed by atoms with Gasteiger partial charge in [-0.2, -0.15) is 0 Å². The highest BCUT2D eigenvalue weighted by molar-refractivity contribution is 7.48. The first-order valence-electron chi connectivity index (χ1n) is 2.31. The van der Waals surface area contributed by atoms with E-state index in [2.05, 4.69) is 5.09 Å². The van der Waals surface area contributed by atoms with Crippen LogP contribution in [0.4, 0.5) is 0 Å². The Balaban J connectivity index is 3.23. The fourth-order valence-electron chi connectivity index (χ4n) is 0.325. The summed E-state index contributed by atoms with van der Waals surface area (Å²) in [6.07, 6.45) is 0.759. The number of rotatable bonds is 3. The quantitative estimate of drug-likeness (QED) is 0.426. The molecule has 2 N–H and O–H groups in total. The Morgan fingerprint density at radius 1 is 1.88 bits per heavy atom. The Kier molecular flexibility index (Phi) is 3.97. The van der Waals surface area contributed by atoms with Gasteiger partial charge in [0.25, 0.3) is 0 Å². The topological polar surface area (TPSA) is 49.3 Å². The molecule has 0 radical (unpaired) electrons. The second-order valence-electron chi connectivity index (χ2n) is 1.58. The minimum atomic E-state index is -1.13. The van der Waals surface area contributed by atoms with Crippen LogP contribution in [-0.2, 0) is 4.79 Å². The molecule has 0 aromatic rings. The van der Waals surface area contributed by atoms with Crippen LogP contribution in [0.1, 0.15) is 6.92 Å². The third-order valence-electron chi connectivity index (χ3n) is 0.595. The highest BCUT2D eigenvalue weighted by Crippen LogP contribution is 2.16. The van der Waals surface area contributed by atoms with Crippen molar-refractivity contribution in [1.82, 2.24) is 5.09 Å². The van der Waals surface area contributed by atoms with Crippen molar-refractivity contribution in [2.24, 2.45) is 0 Å². The Morgan fingerprint density at radius 3 is 2.50 bits per heavy atom. The summed E-state index contributed by atoms with van der Waals surface area (Å²) in [4.78, 5) is 18.5. The molecule has 0 rings (SSSR count). The maximum Gasteiger partial charge on any atom is 0.136 e. The van der Waals surface area contributed by atoms with E-state index in [1.54, 1.807) is 13.6 Å². The zero-order valence-electron chi connectivity index (χ0n) is 4.96. The molecule has 0 saturated carbocycles. The monoisotopic (exact) mass is 135 g/mol. The largest absolute Gasteiger partial charge is 0.359 e. The van der Waals surface area contributed by atoms with E-state index in [1.807, 2.05) is 0 Å². The van der Waals surface area contributed by atoms with Gasteiger partial charge in [0.2, 0.25) is 0 Å². The molecule has 4 heteroatoms. The fourth-order valence-corrected chi connectivity index (χ4v) is 0.975. The predicted octanol–water partition coefficient (Wildman–Crippen LogP) is 0.0974. The van der Waals surface area contributed by atoms with Crippen molar-refractivity contribution in [1.29, 1.82) is 0 Å². The lowest BCUT2D eigenvalue weighted by molar-refractivity contribution is -0.108. The van der Waals surface area contributed by atoms with E-state index in [-0.39, 0.29) is 6.04 Å². The summed E-state index contributed by atoms with van der Waals surface area (Å²) in [6, 6.07) is -0.226. The van der Waals surface area contributed by atoms with Gasteiger partial charge < -0.3 is 9.69 Å². The lowest BCUT2D eigenvalue weighted by Crippen LogP contribution is -2.21. The summed E-state index contributed by atoms with van der Waals surface area (Å²) in [5.74, 6) is 0. The summed E-state index contributed by atoms with van der Waals surface area (Å²) >= 11 is 0. The van der Waals surface area contributed by atoms with Crippen molar-refractivity contribution in [2.75, 3.05) is 6.66 Å². The van der Waals surface area contributed by atoms with Gasteiger partial charge in [-0.1, -0.05) is 0 Å². The van der Waals surface area contributed by atoms with E-state index in [4.69, 9.17) is 4.89 Å². The summed E-state index contributed by atoms with van der Waals surface area (Å²) in [5.41, 5.74) is 0. The first-order chi connectivity index (χ1) is 3.66. The summed E-state index contributed by atoms with van der Waals surface area (Å²) in [6.45, 7) is 3.33. The van der Waals surface area contributed by atoms with Gasteiger partial charge in [0.1, 0.15) is 6.29 Å². The highest BCUT2D eigenvalue weighted by atomic mass is 31.2. The van der Waals surface area contributed by atoms with Crippen LogP contribution < -0.4 is 5.09 Å². The van der Waals surface area contributed by atoms with Crippen LogP contribution in [0.15, 0.2) is 0 Å². The van der Waals surface area contributed by atoms with E-state index in [9.17, 15) is 4.79 Å². The molecule has 0 aliphatic heterocycles. The average Bonchev–Trinajstić information content (AvgIpc) is 1.65.